The summed E-state index contributed by atoms with van der Waals surface area (Å²) in [6.45, 7) is 4.33. The summed E-state index contributed by atoms with van der Waals surface area (Å²) in [6, 6.07) is 10.3. The predicted octanol–water partition coefficient (Wildman–Crippen LogP) is 2.60. The average molecular weight is 318 g/mol. The monoisotopic (exact) mass is 318 g/mol. The summed E-state index contributed by atoms with van der Waals surface area (Å²) in [5.41, 5.74) is 0.715. The molecule has 1 unspecified atom stereocenters. The van der Waals surface area contributed by atoms with Gasteiger partial charge in [-0.25, -0.2) is 4.79 Å². The van der Waals surface area contributed by atoms with Crippen LogP contribution >= 0.6 is 0 Å². The number of carbonyl (C=O) groups excluding carboxylic acids is 1. The van der Waals surface area contributed by atoms with Crippen LogP contribution in [0.3, 0.4) is 0 Å². The van der Waals surface area contributed by atoms with Crippen molar-refractivity contribution in [1.29, 1.82) is 0 Å². The highest BCUT2D eigenvalue weighted by Crippen LogP contribution is 2.18. The second-order valence-corrected chi connectivity index (χ2v) is 5.39. The summed E-state index contributed by atoms with van der Waals surface area (Å²) in [6.07, 6.45) is 0.869. The van der Waals surface area contributed by atoms with Gasteiger partial charge in [0.1, 0.15) is 11.5 Å². The highest BCUT2D eigenvalue weighted by atomic mass is 16.5. The molecule has 0 aliphatic carbocycles. The maximum Gasteiger partial charge on any atom is 0.315 e. The molecule has 6 nitrogen and oxygen atoms in total. The zero-order valence-electron chi connectivity index (χ0n) is 13.3. The van der Waals surface area contributed by atoms with Crippen molar-refractivity contribution in [1.82, 2.24) is 10.6 Å². The van der Waals surface area contributed by atoms with Crippen LogP contribution in [0.5, 0.6) is 5.75 Å². The second kappa shape index (κ2) is 8.24. The highest BCUT2D eigenvalue weighted by molar-refractivity contribution is 5.73. The van der Waals surface area contributed by atoms with Crippen molar-refractivity contribution in [2.45, 2.75) is 32.6 Å². The van der Waals surface area contributed by atoms with Crippen molar-refractivity contribution in [2.24, 2.45) is 0 Å². The molecule has 2 amide bonds. The van der Waals surface area contributed by atoms with E-state index in [9.17, 15) is 9.90 Å². The topological polar surface area (TPSA) is 83.7 Å². The number of urea groups is 1. The molecule has 0 aliphatic rings. The van der Waals surface area contributed by atoms with Gasteiger partial charge in [0.15, 0.2) is 0 Å². The van der Waals surface area contributed by atoms with Crippen LogP contribution in [-0.4, -0.2) is 23.8 Å². The first-order valence-corrected chi connectivity index (χ1v) is 7.53. The molecular weight excluding hydrogens is 296 g/mol. The Bertz CT molecular complexity index is 594. The number of nitrogens with one attached hydrogen (secondary N) is 2. The molecule has 0 saturated carbocycles. The average Bonchev–Trinajstić information content (AvgIpc) is 3.04. The van der Waals surface area contributed by atoms with Crippen LogP contribution in [0.1, 0.15) is 31.3 Å². The molecule has 3 N–H and O–H groups in total. The molecule has 0 spiro atoms. The fraction of sp³-hybridized carbons (Fsp3) is 0.353. The van der Waals surface area contributed by atoms with Crippen LogP contribution < -0.4 is 15.4 Å². The van der Waals surface area contributed by atoms with Crippen LogP contribution in [-0.2, 0) is 6.54 Å². The van der Waals surface area contributed by atoms with Crippen molar-refractivity contribution in [2.75, 3.05) is 6.54 Å². The van der Waals surface area contributed by atoms with Crippen molar-refractivity contribution >= 4 is 6.03 Å². The molecule has 0 bridgehead atoms. The molecule has 0 fully saturated rings. The molecule has 1 heterocycles. The van der Waals surface area contributed by atoms with Crippen molar-refractivity contribution in [3.63, 3.8) is 0 Å². The number of furan rings is 1. The highest BCUT2D eigenvalue weighted by Gasteiger charge is 2.10. The van der Waals surface area contributed by atoms with Gasteiger partial charge in [-0.2, -0.15) is 0 Å². The van der Waals surface area contributed by atoms with E-state index in [4.69, 9.17) is 9.15 Å². The van der Waals surface area contributed by atoms with Gasteiger partial charge in [0.2, 0.25) is 0 Å². The van der Waals surface area contributed by atoms with Crippen molar-refractivity contribution < 1.29 is 19.1 Å². The fourth-order valence-electron chi connectivity index (χ4n) is 1.99. The predicted molar refractivity (Wildman–Crippen MR) is 86.1 cm³/mol. The summed E-state index contributed by atoms with van der Waals surface area (Å²) in [4.78, 5) is 11.7. The minimum Gasteiger partial charge on any atom is -0.491 e. The Morgan fingerprint density at radius 2 is 1.96 bits per heavy atom. The number of amides is 2. The van der Waals surface area contributed by atoms with Crippen LogP contribution in [0.2, 0.25) is 0 Å². The van der Waals surface area contributed by atoms with Gasteiger partial charge in [0, 0.05) is 6.54 Å². The molecule has 6 heteroatoms. The van der Waals surface area contributed by atoms with E-state index in [1.807, 2.05) is 13.8 Å². The first kappa shape index (κ1) is 16.9. The minimum atomic E-state index is -0.780. The van der Waals surface area contributed by atoms with Crippen molar-refractivity contribution in [3.8, 4) is 5.75 Å². The molecule has 1 atom stereocenters. The molecule has 2 rings (SSSR count). The van der Waals surface area contributed by atoms with Crippen LogP contribution in [0, 0.1) is 0 Å². The summed E-state index contributed by atoms with van der Waals surface area (Å²) in [5.74, 6) is 1.42. The third kappa shape index (κ3) is 5.67. The van der Waals surface area contributed by atoms with Gasteiger partial charge in [-0.1, -0.05) is 12.1 Å². The molecular formula is C17H22N2O4. The standard InChI is InChI=1S/C17H22N2O4/c1-12(2)23-14-7-5-13(6-8-14)16(20)11-19-17(21)18-10-15-4-3-9-22-15/h3-9,12,16,20H,10-11H2,1-2H3,(H2,18,19,21). The largest absolute Gasteiger partial charge is 0.491 e. The van der Waals surface area contributed by atoms with Gasteiger partial charge in [-0.05, 0) is 43.7 Å². The van der Waals surface area contributed by atoms with Gasteiger partial charge in [-0.15, -0.1) is 0 Å². The van der Waals surface area contributed by atoms with E-state index in [0.29, 0.717) is 17.9 Å². The van der Waals surface area contributed by atoms with Gasteiger partial charge >= 0.3 is 6.03 Å². The van der Waals surface area contributed by atoms with E-state index in [1.165, 1.54) is 0 Å². The lowest BCUT2D eigenvalue weighted by atomic mass is 10.1. The third-order valence-electron chi connectivity index (χ3n) is 3.10. The lowest BCUT2D eigenvalue weighted by molar-refractivity contribution is 0.172. The van der Waals surface area contributed by atoms with Crippen LogP contribution in [0.15, 0.2) is 47.1 Å². The Kier molecular flexibility index (Phi) is 6.05. The summed E-state index contributed by atoms with van der Waals surface area (Å²) in [7, 11) is 0. The number of hydrogen-bond acceptors (Lipinski definition) is 4. The number of rotatable bonds is 7. The zero-order valence-corrected chi connectivity index (χ0v) is 13.3. The molecule has 0 aliphatic heterocycles. The normalized spacial score (nSPS) is 12.0. The van der Waals surface area contributed by atoms with E-state index in [0.717, 1.165) is 5.75 Å². The lowest BCUT2D eigenvalue weighted by Crippen LogP contribution is -2.37. The molecule has 0 saturated heterocycles. The third-order valence-corrected chi connectivity index (χ3v) is 3.10. The first-order valence-electron chi connectivity index (χ1n) is 7.53. The van der Waals surface area contributed by atoms with Gasteiger partial charge in [-0.3, -0.25) is 0 Å². The molecule has 23 heavy (non-hydrogen) atoms. The minimum absolute atomic E-state index is 0.102. The Morgan fingerprint density at radius 1 is 1.22 bits per heavy atom. The maximum absolute atomic E-state index is 11.7. The molecule has 0 radical (unpaired) electrons. The Balaban J connectivity index is 1.75. The van der Waals surface area contributed by atoms with Crippen LogP contribution in [0.25, 0.3) is 0 Å². The summed E-state index contributed by atoms with van der Waals surface area (Å²) >= 11 is 0. The van der Waals surface area contributed by atoms with Crippen LogP contribution in [0.4, 0.5) is 4.79 Å². The van der Waals surface area contributed by atoms with Crippen molar-refractivity contribution in [3.05, 3.63) is 54.0 Å². The Morgan fingerprint density at radius 3 is 2.57 bits per heavy atom. The van der Waals surface area contributed by atoms with E-state index < -0.39 is 6.10 Å². The first-order chi connectivity index (χ1) is 11.0. The molecule has 1 aromatic heterocycles. The zero-order chi connectivity index (χ0) is 16.7. The fourth-order valence-corrected chi connectivity index (χ4v) is 1.99. The quantitative estimate of drug-likeness (QED) is 0.733. The van der Waals surface area contributed by atoms with E-state index in [2.05, 4.69) is 10.6 Å². The summed E-state index contributed by atoms with van der Waals surface area (Å²) in [5, 5.41) is 15.4. The second-order valence-electron chi connectivity index (χ2n) is 5.39. The maximum atomic E-state index is 11.7. The lowest BCUT2D eigenvalue weighted by Gasteiger charge is -2.14. The number of ether oxygens (including phenoxy) is 1. The van der Waals surface area contributed by atoms with E-state index in [1.54, 1.807) is 42.7 Å². The van der Waals surface area contributed by atoms with E-state index in [-0.39, 0.29) is 18.7 Å². The smallest absolute Gasteiger partial charge is 0.315 e. The number of carbonyl (C=O) groups is 1. The number of hydrogen-bond donors (Lipinski definition) is 3. The van der Waals surface area contributed by atoms with E-state index >= 15 is 0 Å². The molecule has 1 aromatic carbocycles. The number of aliphatic hydroxyl groups excluding tert-OH is 1. The number of aliphatic hydroxyl groups is 1. The number of benzene rings is 1. The Labute approximate surface area is 135 Å². The SMILES string of the molecule is CC(C)Oc1ccc(C(O)CNC(=O)NCc2ccco2)cc1. The van der Waals surface area contributed by atoms with Gasteiger partial charge in [0.25, 0.3) is 0 Å². The van der Waals surface area contributed by atoms with Gasteiger partial charge in [0.05, 0.1) is 25.0 Å². The summed E-state index contributed by atoms with van der Waals surface area (Å²) < 4.78 is 10.7. The Hall–Kier alpha value is -2.47. The van der Waals surface area contributed by atoms with Gasteiger partial charge < -0.3 is 24.9 Å². The molecule has 124 valence electrons. The molecule has 2 aromatic rings.